The molecule has 0 aliphatic heterocycles. The minimum Gasteiger partial charge on any atom is -0.330 e. The van der Waals surface area contributed by atoms with Crippen LogP contribution in [0.15, 0.2) is 6.20 Å². The van der Waals surface area contributed by atoms with E-state index in [-0.39, 0.29) is 5.41 Å². The minimum absolute atomic E-state index is 0.0135. The highest BCUT2D eigenvalue weighted by atomic mass is 15.4. The van der Waals surface area contributed by atoms with E-state index in [1.165, 1.54) is 0 Å². The Morgan fingerprint density at radius 1 is 1.69 bits per heavy atom. The van der Waals surface area contributed by atoms with Crippen LogP contribution in [0.5, 0.6) is 0 Å². The molecule has 0 spiro atoms. The zero-order valence-corrected chi connectivity index (χ0v) is 7.86. The topological polar surface area (TPSA) is 80.5 Å². The zero-order valence-electron chi connectivity index (χ0n) is 7.86. The fraction of sp³-hybridized carbons (Fsp3) is 0.625. The summed E-state index contributed by atoms with van der Waals surface area (Å²) in [6.45, 7) is 5.34. The lowest BCUT2D eigenvalue weighted by molar-refractivity contribution is 0.298. The van der Waals surface area contributed by atoms with E-state index < -0.39 is 0 Å². The van der Waals surface area contributed by atoms with Crippen LogP contribution in [0.1, 0.15) is 19.5 Å². The number of hydrogen-bond donors (Lipinski definition) is 1. The van der Waals surface area contributed by atoms with Gasteiger partial charge in [-0.15, -0.1) is 5.10 Å². The van der Waals surface area contributed by atoms with Crippen LogP contribution in [0, 0.1) is 16.7 Å². The number of nitrogens with zero attached hydrogens (tertiary/aromatic N) is 4. The molecule has 0 saturated carbocycles. The number of hydrogen-bond acceptors (Lipinski definition) is 4. The first-order chi connectivity index (χ1) is 6.07. The van der Waals surface area contributed by atoms with Crippen LogP contribution in [0.25, 0.3) is 0 Å². The fourth-order valence-electron chi connectivity index (χ4n) is 0.930. The van der Waals surface area contributed by atoms with Crippen LogP contribution in [0.3, 0.4) is 0 Å². The van der Waals surface area contributed by atoms with Gasteiger partial charge in [0.15, 0.2) is 5.69 Å². The largest absolute Gasteiger partial charge is 0.330 e. The number of nitrogens with two attached hydrogens (primary N) is 1. The van der Waals surface area contributed by atoms with Crippen molar-refractivity contribution in [2.75, 3.05) is 6.54 Å². The molecule has 2 N–H and O–H groups in total. The third-order valence-corrected chi connectivity index (χ3v) is 1.80. The van der Waals surface area contributed by atoms with Crippen LogP contribution in [-0.2, 0) is 6.54 Å². The highest BCUT2D eigenvalue weighted by Gasteiger charge is 2.17. The number of nitriles is 1. The Kier molecular flexibility index (Phi) is 2.63. The van der Waals surface area contributed by atoms with Gasteiger partial charge in [-0.1, -0.05) is 19.1 Å². The summed E-state index contributed by atoms with van der Waals surface area (Å²) in [5.41, 5.74) is 5.89. The normalized spacial score (nSPS) is 11.2. The maximum Gasteiger partial charge on any atom is 0.182 e. The van der Waals surface area contributed by atoms with Gasteiger partial charge in [0, 0.05) is 6.54 Å². The smallest absolute Gasteiger partial charge is 0.182 e. The van der Waals surface area contributed by atoms with Gasteiger partial charge in [-0.2, -0.15) is 5.26 Å². The van der Waals surface area contributed by atoms with E-state index in [0.29, 0.717) is 18.8 Å². The molecule has 70 valence electrons. The molecule has 0 aliphatic carbocycles. The predicted octanol–water partition coefficient (Wildman–Crippen LogP) is 0.135. The molecule has 0 bridgehead atoms. The highest BCUT2D eigenvalue weighted by molar-refractivity contribution is 5.13. The summed E-state index contributed by atoms with van der Waals surface area (Å²) < 4.78 is 1.64. The first-order valence-corrected chi connectivity index (χ1v) is 4.08. The molecule has 0 aliphatic rings. The Hall–Kier alpha value is -1.41. The lowest BCUT2D eigenvalue weighted by Gasteiger charge is -2.21. The van der Waals surface area contributed by atoms with Gasteiger partial charge in [0.05, 0.1) is 6.20 Å². The summed E-state index contributed by atoms with van der Waals surface area (Å²) in [4.78, 5) is 0. The Bertz CT molecular complexity index is 320. The van der Waals surface area contributed by atoms with Crippen molar-refractivity contribution in [1.29, 1.82) is 5.26 Å². The molecule has 0 saturated heterocycles. The molecule has 0 amide bonds. The second-order valence-corrected chi connectivity index (χ2v) is 3.78. The van der Waals surface area contributed by atoms with Crippen molar-refractivity contribution >= 4 is 0 Å². The van der Waals surface area contributed by atoms with Gasteiger partial charge in [-0.05, 0) is 12.0 Å². The Balaban J connectivity index is 2.70. The third-order valence-electron chi connectivity index (χ3n) is 1.80. The fourth-order valence-corrected chi connectivity index (χ4v) is 0.930. The lowest BCUT2D eigenvalue weighted by Crippen LogP contribution is -2.29. The molecule has 0 atom stereocenters. The molecule has 0 aromatic carbocycles. The molecule has 0 unspecified atom stereocenters. The van der Waals surface area contributed by atoms with Gasteiger partial charge < -0.3 is 5.73 Å². The van der Waals surface area contributed by atoms with Crippen LogP contribution in [0.2, 0.25) is 0 Å². The summed E-state index contributed by atoms with van der Waals surface area (Å²) in [5.74, 6) is 0. The first kappa shape index (κ1) is 9.68. The number of aromatic nitrogens is 3. The predicted molar refractivity (Wildman–Crippen MR) is 47.6 cm³/mol. The average molecular weight is 179 g/mol. The van der Waals surface area contributed by atoms with Gasteiger partial charge in [0.1, 0.15) is 6.07 Å². The Labute approximate surface area is 77.1 Å². The quantitative estimate of drug-likeness (QED) is 0.715. The standard InChI is InChI=1S/C8H13N5/c1-8(2,5-10)6-13-4-7(3-9)11-12-13/h4H,5-6,10H2,1-2H3. The van der Waals surface area contributed by atoms with Crippen molar-refractivity contribution < 1.29 is 0 Å². The van der Waals surface area contributed by atoms with Crippen molar-refractivity contribution in [3.8, 4) is 6.07 Å². The Morgan fingerprint density at radius 3 is 2.85 bits per heavy atom. The van der Waals surface area contributed by atoms with Crippen molar-refractivity contribution in [3.63, 3.8) is 0 Å². The third kappa shape index (κ3) is 2.53. The molecular weight excluding hydrogens is 166 g/mol. The molecule has 0 radical (unpaired) electrons. The summed E-state index contributed by atoms with van der Waals surface area (Å²) >= 11 is 0. The van der Waals surface area contributed by atoms with Crippen LogP contribution < -0.4 is 5.73 Å². The van der Waals surface area contributed by atoms with E-state index in [9.17, 15) is 0 Å². The summed E-state index contributed by atoms with van der Waals surface area (Å²) in [6.07, 6.45) is 1.62. The molecule has 1 heterocycles. The molecular formula is C8H13N5. The van der Waals surface area contributed by atoms with Crippen molar-refractivity contribution in [1.82, 2.24) is 15.0 Å². The second kappa shape index (κ2) is 3.54. The van der Waals surface area contributed by atoms with E-state index in [2.05, 4.69) is 10.3 Å². The Morgan fingerprint density at radius 2 is 2.38 bits per heavy atom. The molecule has 5 nitrogen and oxygen atoms in total. The zero-order chi connectivity index (χ0) is 9.90. The lowest BCUT2D eigenvalue weighted by atomic mass is 9.94. The monoisotopic (exact) mass is 179 g/mol. The SMILES string of the molecule is CC(C)(CN)Cn1cc(C#N)nn1. The first-order valence-electron chi connectivity index (χ1n) is 4.08. The molecule has 13 heavy (non-hydrogen) atoms. The van der Waals surface area contributed by atoms with Crippen LogP contribution in [-0.4, -0.2) is 21.5 Å². The summed E-state index contributed by atoms with van der Waals surface area (Å²) in [7, 11) is 0. The van der Waals surface area contributed by atoms with E-state index in [0.717, 1.165) is 0 Å². The van der Waals surface area contributed by atoms with E-state index in [1.54, 1.807) is 10.9 Å². The molecule has 0 fully saturated rings. The minimum atomic E-state index is -0.0135. The maximum atomic E-state index is 8.52. The van der Waals surface area contributed by atoms with Crippen LogP contribution in [0.4, 0.5) is 0 Å². The number of rotatable bonds is 3. The van der Waals surface area contributed by atoms with Crippen LogP contribution >= 0.6 is 0 Å². The van der Waals surface area contributed by atoms with E-state index in [1.807, 2.05) is 19.9 Å². The van der Waals surface area contributed by atoms with Crippen molar-refractivity contribution in [3.05, 3.63) is 11.9 Å². The molecule has 5 heteroatoms. The van der Waals surface area contributed by atoms with E-state index >= 15 is 0 Å². The molecule has 1 aromatic heterocycles. The van der Waals surface area contributed by atoms with E-state index in [4.69, 9.17) is 11.0 Å². The molecule has 1 rings (SSSR count). The van der Waals surface area contributed by atoms with Gasteiger partial charge in [0.2, 0.25) is 0 Å². The van der Waals surface area contributed by atoms with Crippen molar-refractivity contribution in [2.45, 2.75) is 20.4 Å². The van der Waals surface area contributed by atoms with Gasteiger partial charge in [-0.3, -0.25) is 4.68 Å². The summed E-state index contributed by atoms with van der Waals surface area (Å²) in [6, 6.07) is 1.93. The van der Waals surface area contributed by atoms with Gasteiger partial charge >= 0.3 is 0 Å². The molecule has 1 aromatic rings. The van der Waals surface area contributed by atoms with Gasteiger partial charge in [0.25, 0.3) is 0 Å². The highest BCUT2D eigenvalue weighted by Crippen LogP contribution is 2.14. The average Bonchev–Trinajstić information content (AvgIpc) is 2.52. The maximum absolute atomic E-state index is 8.52. The second-order valence-electron chi connectivity index (χ2n) is 3.78. The summed E-state index contributed by atoms with van der Waals surface area (Å²) in [5, 5.41) is 16.0. The van der Waals surface area contributed by atoms with Gasteiger partial charge in [-0.25, -0.2) is 0 Å². The van der Waals surface area contributed by atoms with Crippen molar-refractivity contribution in [2.24, 2.45) is 11.1 Å².